The van der Waals surface area contributed by atoms with Gasteiger partial charge < -0.3 is 25.4 Å². The second kappa shape index (κ2) is 9.28. The van der Waals surface area contributed by atoms with Gasteiger partial charge in [0.05, 0.1) is 25.0 Å². The average Bonchev–Trinajstić information content (AvgIpc) is 3.15. The molecule has 2 aliphatic heterocycles. The summed E-state index contributed by atoms with van der Waals surface area (Å²) in [5.74, 6) is -0.340. The molecular weight excluding hydrogens is 375 g/mol. The van der Waals surface area contributed by atoms with Crippen LogP contribution in [0.2, 0.25) is 0 Å². The minimum Gasteiger partial charge on any atom is -0.391 e. The van der Waals surface area contributed by atoms with Crippen LogP contribution in [0.15, 0.2) is 18.2 Å². The second-order valence-corrected chi connectivity index (χ2v) is 8.24. The van der Waals surface area contributed by atoms with Crippen LogP contribution in [-0.2, 0) is 4.74 Å². The average molecular weight is 407 g/mol. The maximum Gasteiger partial charge on any atom is 0.319 e. The standard InChI is InChI=1S/C21H31FN4O3/c22-17-14-16(4-5-18(17)26-10-12-29-13-11-26)24-21(28)23-15-6-8-25(9-7-15)19-2-1-3-20(19)27/h4-5,14-15,19-20,27H,1-3,6-13H2,(H2,23,24,28)/t19-,20-/m1/s1. The molecule has 3 fully saturated rings. The summed E-state index contributed by atoms with van der Waals surface area (Å²) in [7, 11) is 0. The number of aliphatic hydroxyl groups excluding tert-OH is 1. The van der Waals surface area contributed by atoms with E-state index in [0.29, 0.717) is 37.7 Å². The van der Waals surface area contributed by atoms with Crippen molar-refractivity contribution in [3.63, 3.8) is 0 Å². The molecule has 1 saturated carbocycles. The minimum atomic E-state index is -0.340. The first-order chi connectivity index (χ1) is 14.1. The molecule has 160 valence electrons. The first kappa shape index (κ1) is 20.4. The van der Waals surface area contributed by atoms with Crippen LogP contribution in [0, 0.1) is 5.82 Å². The highest BCUT2D eigenvalue weighted by Gasteiger charge is 2.33. The number of rotatable bonds is 4. The van der Waals surface area contributed by atoms with E-state index in [1.54, 1.807) is 12.1 Å². The smallest absolute Gasteiger partial charge is 0.319 e. The molecule has 0 spiro atoms. The number of halogens is 1. The molecule has 3 N–H and O–H groups in total. The molecule has 1 aromatic carbocycles. The highest BCUT2D eigenvalue weighted by atomic mass is 19.1. The Labute approximate surface area is 171 Å². The lowest BCUT2D eigenvalue weighted by Gasteiger charge is -2.37. The van der Waals surface area contributed by atoms with E-state index < -0.39 is 0 Å². The van der Waals surface area contributed by atoms with Crippen molar-refractivity contribution in [3.05, 3.63) is 24.0 Å². The van der Waals surface area contributed by atoms with Crippen LogP contribution in [0.3, 0.4) is 0 Å². The zero-order valence-corrected chi connectivity index (χ0v) is 16.8. The number of aliphatic hydroxyl groups is 1. The third kappa shape index (κ3) is 4.99. The van der Waals surface area contributed by atoms with Gasteiger partial charge in [0.15, 0.2) is 0 Å². The molecule has 1 aromatic rings. The van der Waals surface area contributed by atoms with E-state index in [4.69, 9.17) is 4.74 Å². The lowest BCUT2D eigenvalue weighted by molar-refractivity contribution is 0.0537. The molecule has 0 unspecified atom stereocenters. The number of benzene rings is 1. The van der Waals surface area contributed by atoms with Crippen LogP contribution in [0.4, 0.5) is 20.6 Å². The summed E-state index contributed by atoms with van der Waals surface area (Å²) in [6.45, 7) is 4.30. The van der Waals surface area contributed by atoms with Gasteiger partial charge in [-0.15, -0.1) is 0 Å². The SMILES string of the molecule is O=C(Nc1ccc(N2CCOCC2)c(F)c1)NC1CCN([C@@H]2CCC[C@H]2O)CC1. The number of hydrogen-bond acceptors (Lipinski definition) is 5. The van der Waals surface area contributed by atoms with Crippen molar-refractivity contribution < 1.29 is 19.0 Å². The highest BCUT2D eigenvalue weighted by molar-refractivity contribution is 5.89. The predicted octanol–water partition coefficient (Wildman–Crippen LogP) is 2.16. The van der Waals surface area contributed by atoms with Gasteiger partial charge in [-0.1, -0.05) is 0 Å². The number of ether oxygens (including phenoxy) is 1. The van der Waals surface area contributed by atoms with Gasteiger partial charge in [0.2, 0.25) is 0 Å². The van der Waals surface area contributed by atoms with Crippen molar-refractivity contribution >= 4 is 17.4 Å². The number of nitrogens with one attached hydrogen (secondary N) is 2. The van der Waals surface area contributed by atoms with Crippen LogP contribution in [-0.4, -0.2) is 73.6 Å². The van der Waals surface area contributed by atoms with Gasteiger partial charge in [-0.3, -0.25) is 4.90 Å². The molecule has 1 aliphatic carbocycles. The number of piperidine rings is 1. The quantitative estimate of drug-likeness (QED) is 0.714. The lowest BCUT2D eigenvalue weighted by atomic mass is 10.0. The van der Waals surface area contributed by atoms with Crippen molar-refractivity contribution in [2.75, 3.05) is 49.6 Å². The Morgan fingerprint density at radius 1 is 1.10 bits per heavy atom. The van der Waals surface area contributed by atoms with E-state index in [1.165, 1.54) is 6.07 Å². The Bertz CT molecular complexity index is 705. The molecular formula is C21H31FN4O3. The van der Waals surface area contributed by atoms with E-state index in [1.807, 2.05) is 4.90 Å². The molecule has 2 heterocycles. The van der Waals surface area contributed by atoms with Gasteiger partial charge in [0, 0.05) is 44.0 Å². The van der Waals surface area contributed by atoms with Crippen LogP contribution in [0.1, 0.15) is 32.1 Å². The van der Waals surface area contributed by atoms with Crippen LogP contribution < -0.4 is 15.5 Å². The molecule has 2 saturated heterocycles. The Morgan fingerprint density at radius 3 is 2.52 bits per heavy atom. The van der Waals surface area contributed by atoms with Gasteiger partial charge >= 0.3 is 6.03 Å². The van der Waals surface area contributed by atoms with Gasteiger partial charge in [0.25, 0.3) is 0 Å². The summed E-state index contributed by atoms with van der Waals surface area (Å²) in [6.07, 6.45) is 4.56. The fraction of sp³-hybridized carbons (Fsp3) is 0.667. The maximum atomic E-state index is 14.5. The zero-order chi connectivity index (χ0) is 20.2. The third-order valence-corrected chi connectivity index (χ3v) is 6.34. The number of nitrogens with zero attached hydrogens (tertiary/aromatic N) is 2. The number of anilines is 2. The van der Waals surface area contributed by atoms with Gasteiger partial charge in [-0.25, -0.2) is 9.18 Å². The first-order valence-electron chi connectivity index (χ1n) is 10.7. The summed E-state index contributed by atoms with van der Waals surface area (Å²) >= 11 is 0. The molecule has 0 aromatic heterocycles. The minimum absolute atomic E-state index is 0.0993. The van der Waals surface area contributed by atoms with Gasteiger partial charge in [-0.05, 0) is 50.3 Å². The Hall–Kier alpha value is -1.90. The van der Waals surface area contributed by atoms with Crippen molar-refractivity contribution in [2.45, 2.75) is 50.3 Å². The van der Waals surface area contributed by atoms with Crippen molar-refractivity contribution in [3.8, 4) is 0 Å². The number of hydrogen-bond donors (Lipinski definition) is 3. The monoisotopic (exact) mass is 406 g/mol. The number of carbonyl (C=O) groups excluding carboxylic acids is 1. The Balaban J connectivity index is 1.25. The molecule has 4 rings (SSSR count). The Kier molecular flexibility index (Phi) is 6.52. The summed E-state index contributed by atoms with van der Waals surface area (Å²) in [4.78, 5) is 16.7. The van der Waals surface area contributed by atoms with E-state index in [0.717, 1.165) is 45.2 Å². The predicted molar refractivity (Wildman–Crippen MR) is 110 cm³/mol. The topological polar surface area (TPSA) is 77.1 Å². The number of morpholine rings is 1. The van der Waals surface area contributed by atoms with Crippen LogP contribution >= 0.6 is 0 Å². The fourth-order valence-electron chi connectivity index (χ4n) is 4.72. The van der Waals surface area contributed by atoms with E-state index in [-0.39, 0.29) is 30.0 Å². The van der Waals surface area contributed by atoms with E-state index in [9.17, 15) is 14.3 Å². The molecule has 7 nitrogen and oxygen atoms in total. The zero-order valence-electron chi connectivity index (χ0n) is 16.8. The largest absolute Gasteiger partial charge is 0.391 e. The normalized spacial score (nSPS) is 26.5. The molecule has 0 radical (unpaired) electrons. The number of urea groups is 1. The van der Waals surface area contributed by atoms with Gasteiger partial charge in [-0.2, -0.15) is 0 Å². The molecule has 8 heteroatoms. The number of carbonyl (C=O) groups is 1. The number of likely N-dealkylation sites (tertiary alicyclic amines) is 1. The molecule has 3 aliphatic rings. The molecule has 0 bridgehead atoms. The molecule has 29 heavy (non-hydrogen) atoms. The van der Waals surface area contributed by atoms with E-state index in [2.05, 4.69) is 15.5 Å². The third-order valence-electron chi connectivity index (χ3n) is 6.34. The number of amides is 2. The molecule has 2 amide bonds. The van der Waals surface area contributed by atoms with E-state index >= 15 is 0 Å². The summed E-state index contributed by atoms with van der Waals surface area (Å²) in [5.41, 5.74) is 0.990. The van der Waals surface area contributed by atoms with Crippen molar-refractivity contribution in [1.29, 1.82) is 0 Å². The summed E-state index contributed by atoms with van der Waals surface area (Å²) in [6, 6.07) is 4.89. The lowest BCUT2D eigenvalue weighted by Crippen LogP contribution is -2.50. The second-order valence-electron chi connectivity index (χ2n) is 8.24. The fourth-order valence-corrected chi connectivity index (χ4v) is 4.72. The maximum absolute atomic E-state index is 14.5. The van der Waals surface area contributed by atoms with Crippen molar-refractivity contribution in [1.82, 2.24) is 10.2 Å². The summed E-state index contributed by atoms with van der Waals surface area (Å²) < 4.78 is 19.8. The van der Waals surface area contributed by atoms with Gasteiger partial charge in [0.1, 0.15) is 5.82 Å². The van der Waals surface area contributed by atoms with Crippen LogP contribution in [0.5, 0.6) is 0 Å². The van der Waals surface area contributed by atoms with Crippen LogP contribution in [0.25, 0.3) is 0 Å². The Morgan fingerprint density at radius 2 is 1.86 bits per heavy atom. The summed E-state index contributed by atoms with van der Waals surface area (Å²) in [5, 5.41) is 15.8. The molecule has 2 atom stereocenters. The first-order valence-corrected chi connectivity index (χ1v) is 10.7. The van der Waals surface area contributed by atoms with Crippen molar-refractivity contribution in [2.24, 2.45) is 0 Å². The highest BCUT2D eigenvalue weighted by Crippen LogP contribution is 2.27.